The summed E-state index contributed by atoms with van der Waals surface area (Å²) >= 11 is 0. The number of H-pyrrole nitrogens is 1. The first-order chi connectivity index (χ1) is 12.9. The second-order valence-electron chi connectivity index (χ2n) is 6.02. The number of rotatable bonds is 4. The number of nitrogens with zero attached hydrogens (tertiary/aromatic N) is 2. The fraction of sp³-hybridized carbons (Fsp3) is 0.111. The molecule has 0 bridgehead atoms. The summed E-state index contributed by atoms with van der Waals surface area (Å²) in [7, 11) is -2.11. The zero-order valence-electron chi connectivity index (χ0n) is 14.4. The Balaban J connectivity index is 1.89. The van der Waals surface area contributed by atoms with Crippen LogP contribution in [0.3, 0.4) is 0 Å². The number of benzene rings is 2. The molecule has 0 aliphatic heterocycles. The van der Waals surface area contributed by atoms with Gasteiger partial charge in [-0.15, -0.1) is 0 Å². The van der Waals surface area contributed by atoms with E-state index in [-0.39, 0.29) is 4.90 Å². The Morgan fingerprint density at radius 1 is 1.22 bits per heavy atom. The fourth-order valence-corrected chi connectivity index (χ4v) is 3.74. The number of hydrogen-bond donors (Lipinski definition) is 2. The van der Waals surface area contributed by atoms with Gasteiger partial charge in [0, 0.05) is 17.3 Å². The molecule has 0 amide bonds. The summed E-state index contributed by atoms with van der Waals surface area (Å²) < 4.78 is 42.8. The van der Waals surface area contributed by atoms with E-state index >= 15 is 0 Å². The second-order valence-corrected chi connectivity index (χ2v) is 8.00. The van der Waals surface area contributed by atoms with Crippen molar-refractivity contribution in [3.05, 3.63) is 48.4 Å². The van der Waals surface area contributed by atoms with Gasteiger partial charge in [0.2, 0.25) is 0 Å². The molecule has 0 spiro atoms. The number of aromatic nitrogens is 3. The summed E-state index contributed by atoms with van der Waals surface area (Å²) in [5.74, 6) is 0.305. The fourth-order valence-electron chi connectivity index (χ4n) is 2.98. The number of nitrogens with one attached hydrogen (secondary N) is 2. The van der Waals surface area contributed by atoms with Gasteiger partial charge in [0.25, 0.3) is 0 Å². The van der Waals surface area contributed by atoms with Crippen molar-refractivity contribution < 1.29 is 17.5 Å². The number of hydrogen-bond acceptors (Lipinski definition) is 6. The highest BCUT2D eigenvalue weighted by atomic mass is 32.2. The highest BCUT2D eigenvalue weighted by Crippen LogP contribution is 2.35. The van der Waals surface area contributed by atoms with Crippen LogP contribution in [0.4, 0.5) is 15.9 Å². The van der Waals surface area contributed by atoms with E-state index in [0.717, 1.165) is 23.1 Å². The van der Waals surface area contributed by atoms with Gasteiger partial charge in [0.05, 0.1) is 24.2 Å². The number of anilines is 2. The van der Waals surface area contributed by atoms with E-state index in [9.17, 15) is 12.8 Å². The Hall–Kier alpha value is -3.20. The highest BCUT2D eigenvalue weighted by molar-refractivity contribution is 7.90. The summed E-state index contributed by atoms with van der Waals surface area (Å²) in [5, 5.41) is 11.6. The lowest BCUT2D eigenvalue weighted by Gasteiger charge is -2.12. The van der Waals surface area contributed by atoms with Gasteiger partial charge in [-0.25, -0.2) is 17.8 Å². The lowest BCUT2D eigenvalue weighted by atomic mass is 10.1. The maximum absolute atomic E-state index is 13.8. The largest absolute Gasteiger partial charge is 0.496 e. The Morgan fingerprint density at radius 2 is 2.04 bits per heavy atom. The van der Waals surface area contributed by atoms with E-state index < -0.39 is 15.7 Å². The van der Waals surface area contributed by atoms with Gasteiger partial charge >= 0.3 is 0 Å². The topological polar surface area (TPSA) is 97.0 Å². The van der Waals surface area contributed by atoms with Gasteiger partial charge in [0.1, 0.15) is 22.0 Å². The molecule has 7 nitrogen and oxygen atoms in total. The van der Waals surface area contributed by atoms with Crippen LogP contribution in [0, 0.1) is 5.82 Å². The summed E-state index contributed by atoms with van der Waals surface area (Å²) in [6.45, 7) is 0. The molecule has 2 heterocycles. The third-order valence-electron chi connectivity index (χ3n) is 4.20. The first kappa shape index (κ1) is 17.2. The van der Waals surface area contributed by atoms with E-state index in [2.05, 4.69) is 20.5 Å². The number of ether oxygens (including phenoxy) is 1. The normalized spacial score (nSPS) is 11.8. The van der Waals surface area contributed by atoms with Gasteiger partial charge in [-0.3, -0.25) is 5.10 Å². The molecule has 2 aromatic heterocycles. The first-order valence-corrected chi connectivity index (χ1v) is 9.84. The lowest BCUT2D eigenvalue weighted by molar-refractivity contribution is 0.420. The van der Waals surface area contributed by atoms with E-state index in [1.165, 1.54) is 12.1 Å². The number of sulfone groups is 1. The van der Waals surface area contributed by atoms with Crippen LogP contribution in [0.1, 0.15) is 0 Å². The van der Waals surface area contributed by atoms with Gasteiger partial charge in [-0.1, -0.05) is 6.07 Å². The van der Waals surface area contributed by atoms with Gasteiger partial charge in [-0.2, -0.15) is 5.10 Å². The summed E-state index contributed by atoms with van der Waals surface area (Å²) in [6, 6.07) is 9.29. The smallest absolute Gasteiger partial charge is 0.178 e. The number of halogens is 1. The van der Waals surface area contributed by atoms with Crippen LogP contribution >= 0.6 is 0 Å². The minimum Gasteiger partial charge on any atom is -0.496 e. The predicted octanol–water partition coefficient (Wildman–Crippen LogP) is 3.41. The molecule has 0 saturated heterocycles. The van der Waals surface area contributed by atoms with Crippen molar-refractivity contribution in [1.82, 2.24) is 15.2 Å². The van der Waals surface area contributed by atoms with E-state index in [4.69, 9.17) is 4.74 Å². The third-order valence-corrected chi connectivity index (χ3v) is 5.31. The maximum Gasteiger partial charge on any atom is 0.178 e. The molecule has 0 saturated carbocycles. The number of fused-ring (bicyclic) bond motifs is 3. The zero-order valence-corrected chi connectivity index (χ0v) is 15.3. The molecular formula is C18H15FN4O3S. The summed E-state index contributed by atoms with van der Waals surface area (Å²) in [5.41, 5.74) is 1.69. The predicted molar refractivity (Wildman–Crippen MR) is 101 cm³/mol. The van der Waals surface area contributed by atoms with Crippen LogP contribution in [0.5, 0.6) is 5.75 Å². The lowest BCUT2D eigenvalue weighted by Crippen LogP contribution is -2.03. The molecule has 4 rings (SSSR count). The number of methoxy groups -OCH3 is 1. The molecular weight excluding hydrogens is 371 g/mol. The minimum atomic E-state index is -3.70. The molecule has 27 heavy (non-hydrogen) atoms. The number of pyridine rings is 1. The molecule has 138 valence electrons. The molecule has 0 atom stereocenters. The first-order valence-electron chi connectivity index (χ1n) is 7.95. The quantitative estimate of drug-likeness (QED) is 0.558. The van der Waals surface area contributed by atoms with Crippen molar-refractivity contribution in [3.63, 3.8) is 0 Å². The molecule has 9 heteroatoms. The van der Waals surface area contributed by atoms with Gasteiger partial charge < -0.3 is 10.1 Å². The van der Waals surface area contributed by atoms with Crippen molar-refractivity contribution in [1.29, 1.82) is 0 Å². The van der Waals surface area contributed by atoms with E-state index in [1.54, 1.807) is 13.3 Å². The Bertz CT molecular complexity index is 1280. The average Bonchev–Trinajstić information content (AvgIpc) is 3.12. The van der Waals surface area contributed by atoms with Crippen molar-refractivity contribution in [3.8, 4) is 5.75 Å². The van der Waals surface area contributed by atoms with Gasteiger partial charge in [0.15, 0.2) is 15.7 Å². The van der Waals surface area contributed by atoms with Crippen LogP contribution in [0.15, 0.2) is 47.5 Å². The molecule has 0 aliphatic carbocycles. The van der Waals surface area contributed by atoms with Crippen molar-refractivity contribution in [2.45, 2.75) is 4.90 Å². The minimum absolute atomic E-state index is 0.379. The molecule has 2 aromatic carbocycles. The van der Waals surface area contributed by atoms with E-state index in [0.29, 0.717) is 28.3 Å². The molecule has 0 fully saturated rings. The second kappa shape index (κ2) is 6.20. The van der Waals surface area contributed by atoms with Crippen molar-refractivity contribution in [2.75, 3.05) is 18.7 Å². The summed E-state index contributed by atoms with van der Waals surface area (Å²) in [6.07, 6.45) is 2.63. The van der Waals surface area contributed by atoms with E-state index in [1.807, 2.05) is 18.2 Å². The Kier molecular flexibility index (Phi) is 3.96. The molecule has 0 aliphatic rings. The molecule has 4 aromatic rings. The van der Waals surface area contributed by atoms with Crippen LogP contribution in [-0.2, 0) is 9.84 Å². The Morgan fingerprint density at radius 3 is 2.78 bits per heavy atom. The molecule has 0 radical (unpaired) electrons. The van der Waals surface area contributed by atoms with Crippen molar-refractivity contribution in [2.24, 2.45) is 0 Å². The van der Waals surface area contributed by atoms with Crippen LogP contribution in [0.25, 0.3) is 21.8 Å². The van der Waals surface area contributed by atoms with Crippen LogP contribution in [0.2, 0.25) is 0 Å². The van der Waals surface area contributed by atoms with Crippen LogP contribution in [-0.4, -0.2) is 37.0 Å². The Labute approximate surface area is 154 Å². The third kappa shape index (κ3) is 2.95. The standard InChI is InChI=1S/C18H15FN4O3S/c1-26-14-5-3-4-13-16(14)11-9-20-23-17(11)18(22-13)21-10-6-7-12(19)15(8-10)27(2,24)25/h3-9H,1-2H3,(H,20,23)(H,21,22). The zero-order chi connectivity index (χ0) is 19.2. The van der Waals surface area contributed by atoms with Gasteiger partial charge in [-0.05, 0) is 30.3 Å². The number of aromatic amines is 1. The average molecular weight is 386 g/mol. The highest BCUT2D eigenvalue weighted by Gasteiger charge is 2.17. The molecule has 2 N–H and O–H groups in total. The monoisotopic (exact) mass is 386 g/mol. The molecule has 0 unspecified atom stereocenters. The summed E-state index contributed by atoms with van der Waals surface area (Å²) in [4.78, 5) is 4.21. The van der Waals surface area contributed by atoms with Crippen molar-refractivity contribution >= 4 is 43.1 Å². The van der Waals surface area contributed by atoms with Crippen LogP contribution < -0.4 is 10.1 Å². The maximum atomic E-state index is 13.8. The SMILES string of the molecule is COc1cccc2nc(Nc3ccc(F)c(S(C)(=O)=O)c3)c3[nH]ncc3c12.